The Bertz CT molecular complexity index is 980. The maximum atomic E-state index is 12.4. The molecule has 0 bridgehead atoms. The number of carbonyl (C=O) groups is 1. The van der Waals surface area contributed by atoms with Gasteiger partial charge in [-0.25, -0.2) is 9.97 Å². The number of nitrogens with zero attached hydrogens (tertiary/aromatic N) is 4. The van der Waals surface area contributed by atoms with Gasteiger partial charge in [0.15, 0.2) is 0 Å². The Morgan fingerprint density at radius 3 is 2.61 bits per heavy atom. The molecule has 1 aliphatic heterocycles. The summed E-state index contributed by atoms with van der Waals surface area (Å²) in [5.74, 6) is 2.27. The zero-order valence-electron chi connectivity index (χ0n) is 16.2. The molecule has 1 aliphatic rings. The molecule has 28 heavy (non-hydrogen) atoms. The summed E-state index contributed by atoms with van der Waals surface area (Å²) in [5, 5.41) is 7.54. The maximum Gasteiger partial charge on any atom is 0.252 e. The summed E-state index contributed by atoms with van der Waals surface area (Å²) >= 11 is 0. The van der Waals surface area contributed by atoms with Crippen molar-refractivity contribution in [1.82, 2.24) is 19.7 Å². The predicted octanol–water partition coefficient (Wildman–Crippen LogP) is 3.48. The zero-order chi connectivity index (χ0) is 19.7. The number of benzene rings is 1. The van der Waals surface area contributed by atoms with E-state index in [-0.39, 0.29) is 11.8 Å². The first-order valence-electron chi connectivity index (χ1n) is 9.42. The molecule has 1 unspecified atom stereocenters. The largest absolute Gasteiger partial charge is 0.493 e. The number of hydrogen-bond donors (Lipinski definition) is 1. The van der Waals surface area contributed by atoms with E-state index in [9.17, 15) is 4.79 Å². The molecule has 0 fully saturated rings. The van der Waals surface area contributed by atoms with Crippen molar-refractivity contribution in [2.75, 3.05) is 11.9 Å². The van der Waals surface area contributed by atoms with Crippen molar-refractivity contribution in [2.45, 2.75) is 33.1 Å². The molecule has 7 heteroatoms. The van der Waals surface area contributed by atoms with Gasteiger partial charge in [-0.2, -0.15) is 9.78 Å². The lowest BCUT2D eigenvalue weighted by molar-refractivity contribution is -0.116. The molecule has 144 valence electrons. The number of anilines is 1. The quantitative estimate of drug-likeness (QED) is 0.736. The van der Waals surface area contributed by atoms with Crippen LogP contribution in [0.3, 0.4) is 0 Å². The molecule has 3 heterocycles. The number of fused-ring (bicyclic) bond motifs is 1. The van der Waals surface area contributed by atoms with E-state index in [1.54, 1.807) is 23.1 Å². The third-order valence-electron chi connectivity index (χ3n) is 4.71. The van der Waals surface area contributed by atoms with Gasteiger partial charge in [0.05, 0.1) is 12.3 Å². The molecule has 1 N–H and O–H groups in total. The molecule has 4 rings (SSSR count). The van der Waals surface area contributed by atoms with Gasteiger partial charge in [0.1, 0.15) is 11.6 Å². The van der Waals surface area contributed by atoms with Crippen molar-refractivity contribution in [1.29, 1.82) is 0 Å². The van der Waals surface area contributed by atoms with Crippen LogP contribution in [-0.2, 0) is 4.79 Å². The molecule has 1 amide bonds. The Morgan fingerprint density at radius 1 is 1.21 bits per heavy atom. The van der Waals surface area contributed by atoms with Crippen LogP contribution in [0.5, 0.6) is 5.75 Å². The van der Waals surface area contributed by atoms with E-state index in [0.717, 1.165) is 22.6 Å². The van der Waals surface area contributed by atoms with Crippen molar-refractivity contribution in [3.63, 3.8) is 0 Å². The van der Waals surface area contributed by atoms with Crippen LogP contribution in [0.2, 0.25) is 0 Å². The fraction of sp³-hybridized carbons (Fsp3) is 0.333. The number of carbonyl (C=O) groups excluding carboxylic acids is 1. The van der Waals surface area contributed by atoms with Crippen LogP contribution >= 0.6 is 0 Å². The molecule has 2 aromatic heterocycles. The van der Waals surface area contributed by atoms with E-state index in [2.05, 4.69) is 34.2 Å². The van der Waals surface area contributed by atoms with Crippen LogP contribution in [0.4, 0.5) is 5.82 Å². The lowest BCUT2D eigenvalue weighted by Crippen LogP contribution is -2.25. The van der Waals surface area contributed by atoms with Gasteiger partial charge in [0.25, 0.3) is 5.95 Å². The highest BCUT2D eigenvalue weighted by molar-refractivity contribution is 5.95. The molecular weight excluding hydrogens is 354 g/mol. The third kappa shape index (κ3) is 3.47. The monoisotopic (exact) mass is 377 g/mol. The molecule has 1 aromatic carbocycles. The maximum absolute atomic E-state index is 12.4. The Balaban J connectivity index is 1.69. The number of ether oxygens (including phenoxy) is 1. The average molecular weight is 377 g/mol. The van der Waals surface area contributed by atoms with Gasteiger partial charge in [-0.15, -0.1) is 0 Å². The van der Waals surface area contributed by atoms with Crippen molar-refractivity contribution >= 4 is 11.7 Å². The van der Waals surface area contributed by atoms with Gasteiger partial charge >= 0.3 is 0 Å². The fourth-order valence-electron chi connectivity index (χ4n) is 3.44. The van der Waals surface area contributed by atoms with Gasteiger partial charge in [0.2, 0.25) is 5.91 Å². The first kappa shape index (κ1) is 18.2. The summed E-state index contributed by atoms with van der Waals surface area (Å²) in [5.41, 5.74) is 2.92. The number of aromatic nitrogens is 4. The topological polar surface area (TPSA) is 81.9 Å². The number of aryl methyl sites for hydroxylation is 1. The second kappa shape index (κ2) is 7.42. The molecular formula is C21H23N5O2. The molecule has 1 atom stereocenters. The first-order valence-corrected chi connectivity index (χ1v) is 9.42. The van der Waals surface area contributed by atoms with Crippen molar-refractivity contribution in [3.8, 4) is 11.7 Å². The smallest absolute Gasteiger partial charge is 0.252 e. The minimum absolute atomic E-state index is 0.0466. The first-order chi connectivity index (χ1) is 13.5. The summed E-state index contributed by atoms with van der Waals surface area (Å²) in [4.78, 5) is 21.0. The second-order valence-electron chi connectivity index (χ2n) is 7.39. The summed E-state index contributed by atoms with van der Waals surface area (Å²) in [6.45, 7) is 6.86. The SMILES string of the molecule is Cc1nn(-c2ncccn2)c2c1C(c1ccc(OCC(C)C)cc1)CC(=O)N2. The van der Waals surface area contributed by atoms with Crippen LogP contribution in [0.25, 0.3) is 5.95 Å². The summed E-state index contributed by atoms with van der Waals surface area (Å²) < 4.78 is 7.38. The number of hydrogen-bond acceptors (Lipinski definition) is 5. The standard InChI is InChI=1S/C21H23N5O2/c1-13(2)12-28-16-7-5-15(6-8-16)17-11-18(27)24-20-19(17)14(3)25-26(20)21-22-9-4-10-23-21/h4-10,13,17H,11-12H2,1-3H3,(H,24,27). The summed E-state index contributed by atoms with van der Waals surface area (Å²) in [7, 11) is 0. The van der Waals surface area contributed by atoms with Crippen LogP contribution in [0.1, 0.15) is 43.0 Å². The molecule has 0 spiro atoms. The molecule has 0 saturated heterocycles. The molecule has 0 aliphatic carbocycles. The lowest BCUT2D eigenvalue weighted by Gasteiger charge is -2.24. The molecule has 0 saturated carbocycles. The van der Waals surface area contributed by atoms with E-state index in [4.69, 9.17) is 4.74 Å². The minimum Gasteiger partial charge on any atom is -0.493 e. The van der Waals surface area contributed by atoms with E-state index < -0.39 is 0 Å². The van der Waals surface area contributed by atoms with Gasteiger partial charge < -0.3 is 10.1 Å². The van der Waals surface area contributed by atoms with E-state index in [1.165, 1.54) is 0 Å². The van der Waals surface area contributed by atoms with E-state index in [0.29, 0.717) is 30.7 Å². The highest BCUT2D eigenvalue weighted by Crippen LogP contribution is 2.40. The van der Waals surface area contributed by atoms with Crippen molar-refractivity contribution in [3.05, 3.63) is 59.5 Å². The van der Waals surface area contributed by atoms with Crippen LogP contribution in [0.15, 0.2) is 42.7 Å². The van der Waals surface area contributed by atoms with Crippen LogP contribution < -0.4 is 10.1 Å². The highest BCUT2D eigenvalue weighted by Gasteiger charge is 2.33. The Hall–Kier alpha value is -3.22. The number of rotatable bonds is 5. The fourth-order valence-corrected chi connectivity index (χ4v) is 3.44. The highest BCUT2D eigenvalue weighted by atomic mass is 16.5. The summed E-state index contributed by atoms with van der Waals surface area (Å²) in [6, 6.07) is 9.72. The van der Waals surface area contributed by atoms with E-state index >= 15 is 0 Å². The van der Waals surface area contributed by atoms with Gasteiger partial charge in [0, 0.05) is 30.3 Å². The van der Waals surface area contributed by atoms with Crippen LogP contribution in [-0.4, -0.2) is 32.3 Å². The number of amides is 1. The van der Waals surface area contributed by atoms with Gasteiger partial charge in [-0.1, -0.05) is 26.0 Å². The van der Waals surface area contributed by atoms with E-state index in [1.807, 2.05) is 31.2 Å². The number of nitrogens with one attached hydrogen (secondary N) is 1. The van der Waals surface area contributed by atoms with Gasteiger partial charge in [-0.05, 0) is 36.6 Å². The third-order valence-corrected chi connectivity index (χ3v) is 4.71. The van der Waals surface area contributed by atoms with Crippen molar-refractivity contribution in [2.24, 2.45) is 5.92 Å². The lowest BCUT2D eigenvalue weighted by atomic mass is 9.86. The Morgan fingerprint density at radius 2 is 1.93 bits per heavy atom. The van der Waals surface area contributed by atoms with Crippen molar-refractivity contribution < 1.29 is 9.53 Å². The molecule has 0 radical (unpaired) electrons. The predicted molar refractivity (Wildman–Crippen MR) is 106 cm³/mol. The van der Waals surface area contributed by atoms with Gasteiger partial charge in [-0.3, -0.25) is 4.79 Å². The second-order valence-corrected chi connectivity index (χ2v) is 7.39. The molecule has 3 aromatic rings. The Kier molecular flexibility index (Phi) is 4.81. The van der Waals surface area contributed by atoms with Crippen LogP contribution in [0, 0.1) is 12.8 Å². The summed E-state index contributed by atoms with van der Waals surface area (Å²) in [6.07, 6.45) is 3.69. The zero-order valence-corrected chi connectivity index (χ0v) is 16.2. The average Bonchev–Trinajstić information content (AvgIpc) is 3.03. The minimum atomic E-state index is -0.0691. The Labute approximate surface area is 163 Å². The normalized spacial score (nSPS) is 16.0. The molecule has 7 nitrogen and oxygen atoms in total.